The molecule has 3 rings (SSSR count). The molecule has 0 aromatic heterocycles. The molecule has 3 saturated heterocycles. The van der Waals surface area contributed by atoms with Crippen molar-refractivity contribution in [2.24, 2.45) is 5.92 Å². The van der Waals surface area contributed by atoms with E-state index < -0.39 is 0 Å². The van der Waals surface area contributed by atoms with Crippen LogP contribution in [0.15, 0.2) is 0 Å². The van der Waals surface area contributed by atoms with Crippen LogP contribution in [0.3, 0.4) is 0 Å². The summed E-state index contributed by atoms with van der Waals surface area (Å²) in [5.41, 5.74) is 0. The lowest BCUT2D eigenvalue weighted by atomic mass is 10.0. The van der Waals surface area contributed by atoms with Crippen molar-refractivity contribution in [2.75, 3.05) is 39.4 Å². The van der Waals surface area contributed by atoms with Gasteiger partial charge in [-0.1, -0.05) is 0 Å². The fraction of sp³-hybridized carbons (Fsp3) is 0.933. The molecule has 2 atom stereocenters. The number of carbonyl (C=O) groups excluding carboxylic acids is 1. The Morgan fingerprint density at radius 1 is 1.25 bits per heavy atom. The molecule has 0 bridgehead atoms. The monoisotopic (exact) mass is 281 g/mol. The number of carbonyl (C=O) groups is 1. The van der Waals surface area contributed by atoms with E-state index in [1.165, 1.54) is 13.0 Å². The van der Waals surface area contributed by atoms with E-state index in [1.54, 1.807) is 0 Å². The second-order valence-electron chi connectivity index (χ2n) is 6.46. The van der Waals surface area contributed by atoms with Crippen molar-refractivity contribution in [3.8, 4) is 0 Å². The van der Waals surface area contributed by atoms with Crippen molar-refractivity contribution in [1.82, 2.24) is 15.5 Å². The van der Waals surface area contributed by atoms with Gasteiger partial charge in [0.15, 0.2) is 0 Å². The average Bonchev–Trinajstić information content (AvgIpc) is 3.13. The van der Waals surface area contributed by atoms with Crippen LogP contribution in [0.4, 0.5) is 0 Å². The zero-order valence-electron chi connectivity index (χ0n) is 12.3. The third-order valence-electron chi connectivity index (χ3n) is 4.85. The van der Waals surface area contributed by atoms with Gasteiger partial charge in [0.2, 0.25) is 5.91 Å². The van der Waals surface area contributed by atoms with Gasteiger partial charge in [-0.3, -0.25) is 4.79 Å². The van der Waals surface area contributed by atoms with E-state index in [1.807, 2.05) is 0 Å². The van der Waals surface area contributed by atoms with Gasteiger partial charge < -0.3 is 20.3 Å². The van der Waals surface area contributed by atoms with Crippen LogP contribution in [0.25, 0.3) is 0 Å². The topological polar surface area (TPSA) is 53.6 Å². The first-order chi connectivity index (χ1) is 9.81. The standard InChI is InChI=1S/C15H27N3O2/c19-15(14-2-1-6-16-14)17-13-3-7-18(8-4-13)10-12-5-9-20-11-12/h12-14,16H,1-11H2,(H,17,19). The summed E-state index contributed by atoms with van der Waals surface area (Å²) >= 11 is 0. The number of ether oxygens (including phenoxy) is 1. The first-order valence-electron chi connectivity index (χ1n) is 8.15. The zero-order chi connectivity index (χ0) is 13.8. The molecule has 3 aliphatic heterocycles. The summed E-state index contributed by atoms with van der Waals surface area (Å²) in [6, 6.07) is 0.435. The Morgan fingerprint density at radius 2 is 2.10 bits per heavy atom. The molecular formula is C15H27N3O2. The van der Waals surface area contributed by atoms with Gasteiger partial charge >= 0.3 is 0 Å². The number of nitrogens with zero attached hydrogens (tertiary/aromatic N) is 1. The van der Waals surface area contributed by atoms with Crippen molar-refractivity contribution < 1.29 is 9.53 Å². The molecule has 0 saturated carbocycles. The Hall–Kier alpha value is -0.650. The quantitative estimate of drug-likeness (QED) is 0.781. The van der Waals surface area contributed by atoms with E-state index in [4.69, 9.17) is 4.74 Å². The third-order valence-corrected chi connectivity index (χ3v) is 4.85. The maximum Gasteiger partial charge on any atom is 0.237 e. The minimum atomic E-state index is 0.0590. The van der Waals surface area contributed by atoms with Crippen LogP contribution in [0.1, 0.15) is 32.1 Å². The van der Waals surface area contributed by atoms with Crippen LogP contribution in [-0.2, 0) is 9.53 Å². The lowest BCUT2D eigenvalue weighted by Gasteiger charge is -2.34. The van der Waals surface area contributed by atoms with Crippen LogP contribution >= 0.6 is 0 Å². The molecule has 3 aliphatic rings. The SMILES string of the molecule is O=C(NC1CCN(CC2CCOC2)CC1)C1CCCN1. The van der Waals surface area contributed by atoms with Gasteiger partial charge in [-0.2, -0.15) is 0 Å². The summed E-state index contributed by atoms with van der Waals surface area (Å²) in [6.07, 6.45) is 5.51. The molecule has 0 aliphatic carbocycles. The molecule has 0 aromatic rings. The van der Waals surface area contributed by atoms with Gasteiger partial charge in [0.05, 0.1) is 12.6 Å². The maximum absolute atomic E-state index is 12.1. The van der Waals surface area contributed by atoms with Gasteiger partial charge in [0.25, 0.3) is 0 Å². The number of nitrogens with one attached hydrogen (secondary N) is 2. The molecule has 114 valence electrons. The van der Waals surface area contributed by atoms with Crippen LogP contribution in [0.2, 0.25) is 0 Å². The summed E-state index contributed by atoms with van der Waals surface area (Å²) in [7, 11) is 0. The van der Waals surface area contributed by atoms with E-state index in [2.05, 4.69) is 15.5 Å². The predicted molar refractivity (Wildman–Crippen MR) is 77.6 cm³/mol. The van der Waals surface area contributed by atoms with Gasteiger partial charge in [0.1, 0.15) is 0 Å². The third kappa shape index (κ3) is 3.71. The molecule has 3 heterocycles. The van der Waals surface area contributed by atoms with Crippen LogP contribution in [0, 0.1) is 5.92 Å². The average molecular weight is 281 g/mol. The first-order valence-corrected chi connectivity index (χ1v) is 8.15. The minimum Gasteiger partial charge on any atom is -0.381 e. The maximum atomic E-state index is 12.1. The highest BCUT2D eigenvalue weighted by atomic mass is 16.5. The molecule has 2 N–H and O–H groups in total. The highest BCUT2D eigenvalue weighted by molar-refractivity contribution is 5.82. The molecular weight excluding hydrogens is 254 g/mol. The molecule has 5 heteroatoms. The number of hydrogen-bond acceptors (Lipinski definition) is 4. The number of likely N-dealkylation sites (tertiary alicyclic amines) is 1. The zero-order valence-corrected chi connectivity index (χ0v) is 12.3. The summed E-state index contributed by atoms with van der Waals surface area (Å²) in [5.74, 6) is 0.939. The predicted octanol–water partition coefficient (Wildman–Crippen LogP) is 0.356. The van der Waals surface area contributed by atoms with Crippen LogP contribution in [-0.4, -0.2) is 62.3 Å². The van der Waals surface area contributed by atoms with Crippen LogP contribution < -0.4 is 10.6 Å². The Morgan fingerprint density at radius 3 is 2.75 bits per heavy atom. The fourth-order valence-electron chi connectivity index (χ4n) is 3.56. The lowest BCUT2D eigenvalue weighted by molar-refractivity contribution is -0.123. The van der Waals surface area contributed by atoms with Gasteiger partial charge in [0, 0.05) is 32.3 Å². The summed E-state index contributed by atoms with van der Waals surface area (Å²) in [4.78, 5) is 14.6. The minimum absolute atomic E-state index is 0.0590. The Labute approximate surface area is 121 Å². The Bertz CT molecular complexity index is 317. The lowest BCUT2D eigenvalue weighted by Crippen LogP contribution is -2.50. The molecule has 0 aromatic carbocycles. The van der Waals surface area contributed by atoms with Gasteiger partial charge in [-0.05, 0) is 44.6 Å². The highest BCUT2D eigenvalue weighted by Gasteiger charge is 2.27. The highest BCUT2D eigenvalue weighted by Crippen LogP contribution is 2.18. The molecule has 20 heavy (non-hydrogen) atoms. The molecule has 0 spiro atoms. The normalized spacial score (nSPS) is 32.6. The number of amides is 1. The Kier molecular flexibility index (Phi) is 4.91. The first kappa shape index (κ1) is 14.3. The van der Waals surface area contributed by atoms with E-state index in [-0.39, 0.29) is 11.9 Å². The summed E-state index contributed by atoms with van der Waals surface area (Å²) in [6.45, 7) is 6.25. The number of piperidine rings is 1. The number of rotatable bonds is 4. The molecule has 3 fully saturated rings. The van der Waals surface area contributed by atoms with E-state index in [9.17, 15) is 4.79 Å². The molecule has 5 nitrogen and oxygen atoms in total. The smallest absolute Gasteiger partial charge is 0.237 e. The second-order valence-corrected chi connectivity index (χ2v) is 6.46. The van der Waals surface area contributed by atoms with Gasteiger partial charge in [-0.25, -0.2) is 0 Å². The summed E-state index contributed by atoms with van der Waals surface area (Å²) in [5, 5.41) is 6.49. The van der Waals surface area contributed by atoms with E-state index in [0.717, 1.165) is 64.4 Å². The molecule has 2 unspecified atom stereocenters. The largest absolute Gasteiger partial charge is 0.381 e. The molecule has 1 amide bonds. The van der Waals surface area contributed by atoms with Crippen molar-refractivity contribution in [3.63, 3.8) is 0 Å². The van der Waals surface area contributed by atoms with Crippen molar-refractivity contribution in [1.29, 1.82) is 0 Å². The van der Waals surface area contributed by atoms with E-state index >= 15 is 0 Å². The van der Waals surface area contributed by atoms with Crippen molar-refractivity contribution in [3.05, 3.63) is 0 Å². The van der Waals surface area contributed by atoms with Crippen molar-refractivity contribution >= 4 is 5.91 Å². The van der Waals surface area contributed by atoms with Crippen LogP contribution in [0.5, 0.6) is 0 Å². The molecule has 0 radical (unpaired) electrons. The number of hydrogen-bond donors (Lipinski definition) is 2. The van der Waals surface area contributed by atoms with E-state index in [0.29, 0.717) is 6.04 Å². The van der Waals surface area contributed by atoms with Crippen molar-refractivity contribution in [2.45, 2.75) is 44.2 Å². The summed E-state index contributed by atoms with van der Waals surface area (Å²) < 4.78 is 5.44. The van der Waals surface area contributed by atoms with Gasteiger partial charge in [-0.15, -0.1) is 0 Å². The Balaban J connectivity index is 1.36. The second kappa shape index (κ2) is 6.87. The fourth-order valence-corrected chi connectivity index (χ4v) is 3.56.